The van der Waals surface area contributed by atoms with Crippen molar-refractivity contribution in [2.75, 3.05) is 23.3 Å². The van der Waals surface area contributed by atoms with Gasteiger partial charge in [0.15, 0.2) is 0 Å². The molecule has 2 aliphatic rings. The summed E-state index contributed by atoms with van der Waals surface area (Å²) in [6.07, 6.45) is 8.54. The van der Waals surface area contributed by atoms with Gasteiger partial charge in [0.25, 0.3) is 0 Å². The van der Waals surface area contributed by atoms with E-state index in [1.54, 1.807) is 6.07 Å². The quantitative estimate of drug-likeness (QED) is 0.520. The third-order valence-electron chi connectivity index (χ3n) is 7.12. The van der Waals surface area contributed by atoms with Crippen LogP contribution < -0.4 is 15.5 Å². The first-order chi connectivity index (χ1) is 17.2. The second kappa shape index (κ2) is 10.8. The molecule has 1 saturated carbocycles. The van der Waals surface area contributed by atoms with Crippen LogP contribution in [-0.2, 0) is 0 Å². The highest BCUT2D eigenvalue weighted by molar-refractivity contribution is 5.59. The third kappa shape index (κ3) is 5.60. The molecule has 0 spiro atoms. The molecule has 5 rings (SSSR count). The molecule has 0 bridgehead atoms. The van der Waals surface area contributed by atoms with Crippen LogP contribution in [0.5, 0.6) is 0 Å². The van der Waals surface area contributed by atoms with Gasteiger partial charge in [0, 0.05) is 48.7 Å². The minimum absolute atomic E-state index is 0.0927. The molecule has 3 atom stereocenters. The first kappa shape index (κ1) is 23.3. The van der Waals surface area contributed by atoms with Crippen molar-refractivity contribution < 1.29 is 4.39 Å². The molecule has 0 amide bonds. The van der Waals surface area contributed by atoms with Crippen molar-refractivity contribution in [2.45, 2.75) is 56.7 Å². The van der Waals surface area contributed by atoms with Crippen LogP contribution in [0.1, 0.15) is 44.1 Å². The molecule has 180 valence electrons. The number of rotatable bonds is 6. The van der Waals surface area contributed by atoms with E-state index in [-0.39, 0.29) is 11.6 Å². The summed E-state index contributed by atoms with van der Waals surface area (Å²) in [4.78, 5) is 11.5. The van der Waals surface area contributed by atoms with Gasteiger partial charge in [-0.15, -0.1) is 0 Å². The second-order valence-corrected chi connectivity index (χ2v) is 9.50. The van der Waals surface area contributed by atoms with Gasteiger partial charge in [-0.3, -0.25) is 0 Å². The number of hydrogen-bond donors (Lipinski definition) is 2. The highest BCUT2D eigenvalue weighted by Crippen LogP contribution is 2.26. The van der Waals surface area contributed by atoms with Crippen LogP contribution in [0.4, 0.5) is 16.0 Å². The molecule has 3 aromatic rings. The predicted molar refractivity (Wildman–Crippen MR) is 137 cm³/mol. The molecular formula is C28H31FN6. The molecule has 1 aromatic heterocycles. The SMILES string of the molecule is N#Cc1ccc(N2CCCC(NC3CCCCC3Nc3nccc(-c4ccccc4)n3)C2)cc1F. The largest absolute Gasteiger partial charge is 0.370 e. The monoisotopic (exact) mass is 470 g/mol. The van der Waals surface area contributed by atoms with Crippen molar-refractivity contribution in [1.29, 1.82) is 5.26 Å². The lowest BCUT2D eigenvalue weighted by Crippen LogP contribution is -2.55. The Bertz CT molecular complexity index is 1180. The number of piperidine rings is 1. The van der Waals surface area contributed by atoms with Gasteiger partial charge < -0.3 is 15.5 Å². The summed E-state index contributed by atoms with van der Waals surface area (Å²) in [6, 6.07) is 19.8. The molecule has 35 heavy (non-hydrogen) atoms. The van der Waals surface area contributed by atoms with E-state index in [9.17, 15) is 4.39 Å². The summed E-state index contributed by atoms with van der Waals surface area (Å²) in [7, 11) is 0. The lowest BCUT2D eigenvalue weighted by atomic mass is 9.89. The Balaban J connectivity index is 1.25. The Morgan fingerprint density at radius 1 is 0.971 bits per heavy atom. The molecule has 1 aliphatic heterocycles. The fourth-order valence-corrected chi connectivity index (χ4v) is 5.31. The number of hydrogen-bond acceptors (Lipinski definition) is 6. The van der Waals surface area contributed by atoms with Crippen molar-refractivity contribution in [2.24, 2.45) is 0 Å². The summed E-state index contributed by atoms with van der Waals surface area (Å²) < 4.78 is 14.2. The molecule has 7 heteroatoms. The van der Waals surface area contributed by atoms with E-state index >= 15 is 0 Å². The average Bonchev–Trinajstić information content (AvgIpc) is 2.91. The topological polar surface area (TPSA) is 76.9 Å². The number of nitriles is 1. The zero-order valence-corrected chi connectivity index (χ0v) is 19.8. The number of halogens is 1. The average molecular weight is 471 g/mol. The normalized spacial score (nSPS) is 22.4. The fraction of sp³-hybridized carbons (Fsp3) is 0.393. The molecular weight excluding hydrogens is 439 g/mol. The maximum absolute atomic E-state index is 14.2. The van der Waals surface area contributed by atoms with Gasteiger partial charge in [0.2, 0.25) is 5.95 Å². The number of benzene rings is 2. The van der Waals surface area contributed by atoms with Gasteiger partial charge in [-0.05, 0) is 49.9 Å². The van der Waals surface area contributed by atoms with Crippen LogP contribution in [-0.4, -0.2) is 41.2 Å². The molecule has 2 aromatic carbocycles. The van der Waals surface area contributed by atoms with Gasteiger partial charge in [-0.2, -0.15) is 5.26 Å². The minimum atomic E-state index is -0.450. The fourth-order valence-electron chi connectivity index (χ4n) is 5.31. The van der Waals surface area contributed by atoms with Crippen LogP contribution in [0.3, 0.4) is 0 Å². The molecule has 1 aliphatic carbocycles. The van der Waals surface area contributed by atoms with Gasteiger partial charge in [0.05, 0.1) is 11.3 Å². The summed E-state index contributed by atoms with van der Waals surface area (Å²) in [5.41, 5.74) is 2.94. The molecule has 2 heterocycles. The number of aromatic nitrogens is 2. The zero-order chi connectivity index (χ0) is 24.0. The van der Waals surface area contributed by atoms with Crippen LogP contribution in [0, 0.1) is 17.1 Å². The molecule has 6 nitrogen and oxygen atoms in total. The van der Waals surface area contributed by atoms with Gasteiger partial charge in [-0.25, -0.2) is 14.4 Å². The van der Waals surface area contributed by atoms with Crippen molar-refractivity contribution in [3.8, 4) is 17.3 Å². The number of anilines is 2. The molecule has 2 N–H and O–H groups in total. The number of nitrogens with one attached hydrogen (secondary N) is 2. The summed E-state index contributed by atoms with van der Waals surface area (Å²) in [6.45, 7) is 1.73. The van der Waals surface area contributed by atoms with Crippen molar-refractivity contribution in [3.63, 3.8) is 0 Å². The Hall–Kier alpha value is -3.50. The van der Waals surface area contributed by atoms with Gasteiger partial charge in [0.1, 0.15) is 11.9 Å². The van der Waals surface area contributed by atoms with E-state index in [1.807, 2.05) is 42.6 Å². The molecule has 2 fully saturated rings. The minimum Gasteiger partial charge on any atom is -0.370 e. The maximum atomic E-state index is 14.2. The third-order valence-corrected chi connectivity index (χ3v) is 7.12. The summed E-state index contributed by atoms with van der Waals surface area (Å²) >= 11 is 0. The smallest absolute Gasteiger partial charge is 0.223 e. The zero-order valence-electron chi connectivity index (χ0n) is 19.8. The lowest BCUT2D eigenvalue weighted by Gasteiger charge is -2.40. The van der Waals surface area contributed by atoms with E-state index < -0.39 is 5.82 Å². The standard InChI is InChI=1S/C28H31FN6/c29-24-17-23(13-12-21(24)18-30)35-16-6-9-22(19-35)32-26-10-4-5-11-27(26)34-28-31-15-14-25(33-28)20-7-2-1-3-8-20/h1-3,7-8,12-15,17,22,26-27,32H,4-6,9-11,16,19H2,(H,31,33,34). The Morgan fingerprint density at radius 3 is 2.60 bits per heavy atom. The van der Waals surface area contributed by atoms with Crippen molar-refractivity contribution >= 4 is 11.6 Å². The number of nitrogens with zero attached hydrogens (tertiary/aromatic N) is 4. The predicted octanol–water partition coefficient (Wildman–Crippen LogP) is 5.14. The van der Waals surface area contributed by atoms with Crippen LogP contribution in [0.25, 0.3) is 11.3 Å². The van der Waals surface area contributed by atoms with E-state index in [1.165, 1.54) is 18.9 Å². The molecule has 0 radical (unpaired) electrons. The van der Waals surface area contributed by atoms with Crippen LogP contribution in [0.15, 0.2) is 60.8 Å². The molecule has 1 saturated heterocycles. The maximum Gasteiger partial charge on any atom is 0.223 e. The van der Waals surface area contributed by atoms with Gasteiger partial charge in [-0.1, -0.05) is 43.2 Å². The van der Waals surface area contributed by atoms with E-state index in [0.29, 0.717) is 18.0 Å². The summed E-state index contributed by atoms with van der Waals surface area (Å²) in [5.74, 6) is 0.220. The second-order valence-electron chi connectivity index (χ2n) is 9.50. The first-order valence-corrected chi connectivity index (χ1v) is 12.6. The Morgan fingerprint density at radius 2 is 1.80 bits per heavy atom. The lowest BCUT2D eigenvalue weighted by molar-refractivity contribution is 0.293. The Kier molecular flexibility index (Phi) is 7.20. The first-order valence-electron chi connectivity index (χ1n) is 12.6. The summed E-state index contributed by atoms with van der Waals surface area (Å²) in [5, 5.41) is 16.5. The highest BCUT2D eigenvalue weighted by Gasteiger charge is 2.30. The highest BCUT2D eigenvalue weighted by atomic mass is 19.1. The van der Waals surface area contributed by atoms with Gasteiger partial charge >= 0.3 is 0 Å². The molecule has 3 unspecified atom stereocenters. The van der Waals surface area contributed by atoms with Crippen molar-refractivity contribution in [3.05, 3.63) is 72.2 Å². The van der Waals surface area contributed by atoms with E-state index in [4.69, 9.17) is 10.2 Å². The Labute approximate surface area is 206 Å². The van der Waals surface area contributed by atoms with Crippen LogP contribution >= 0.6 is 0 Å². The van der Waals surface area contributed by atoms with E-state index in [0.717, 1.165) is 55.7 Å². The van der Waals surface area contributed by atoms with Crippen LogP contribution in [0.2, 0.25) is 0 Å². The van der Waals surface area contributed by atoms with E-state index in [2.05, 4.69) is 32.7 Å². The van der Waals surface area contributed by atoms with Crippen molar-refractivity contribution in [1.82, 2.24) is 15.3 Å².